The predicted molar refractivity (Wildman–Crippen MR) is 48.9 cm³/mol. The fourth-order valence-electron chi connectivity index (χ4n) is 0.920. The molecule has 4 nitrogen and oxygen atoms in total. The molecule has 1 aromatic heterocycles. The normalized spacial score (nSPS) is 9.53. The maximum atomic E-state index is 10.6. The Morgan fingerprint density at radius 3 is 2.80 bits per heavy atom. The van der Waals surface area contributed by atoms with Crippen molar-refractivity contribution in [2.75, 3.05) is 6.61 Å². The summed E-state index contributed by atoms with van der Waals surface area (Å²) in [5, 5.41) is 10.6. The Labute approximate surface area is 111 Å². The SMILES string of the molecule is CC(C)COc1cnccc1C(=O)[O-].[Na+]. The van der Waals surface area contributed by atoms with Crippen molar-refractivity contribution in [1.82, 2.24) is 4.98 Å². The molecule has 0 N–H and O–H groups in total. The maximum absolute atomic E-state index is 10.6. The van der Waals surface area contributed by atoms with Crippen molar-refractivity contribution >= 4 is 5.97 Å². The molecular formula is C10H12NNaO3. The zero-order chi connectivity index (χ0) is 10.6. The van der Waals surface area contributed by atoms with Gasteiger partial charge in [-0.2, -0.15) is 0 Å². The van der Waals surface area contributed by atoms with E-state index in [9.17, 15) is 9.90 Å². The number of hydrogen-bond acceptors (Lipinski definition) is 4. The molecule has 1 aromatic rings. The molecule has 1 heterocycles. The van der Waals surface area contributed by atoms with Gasteiger partial charge in [0, 0.05) is 11.8 Å². The molecule has 0 unspecified atom stereocenters. The first-order chi connectivity index (χ1) is 6.61. The Morgan fingerprint density at radius 2 is 2.27 bits per heavy atom. The van der Waals surface area contributed by atoms with Gasteiger partial charge in [0.1, 0.15) is 5.75 Å². The number of nitrogens with zero attached hydrogens (tertiary/aromatic N) is 1. The van der Waals surface area contributed by atoms with Crippen LogP contribution in [0.4, 0.5) is 0 Å². The van der Waals surface area contributed by atoms with E-state index in [0.29, 0.717) is 12.5 Å². The standard InChI is InChI=1S/C10H13NO3.Na/c1-7(2)6-14-9-5-11-4-3-8(9)10(12)13;/h3-5,7H,6H2,1-2H3,(H,12,13);/q;+1/p-1. The summed E-state index contributed by atoms with van der Waals surface area (Å²) in [7, 11) is 0. The molecule has 0 aliphatic carbocycles. The van der Waals surface area contributed by atoms with E-state index in [0.717, 1.165) is 0 Å². The van der Waals surface area contributed by atoms with Crippen LogP contribution in [0.1, 0.15) is 24.2 Å². The minimum Gasteiger partial charge on any atom is -0.545 e. The van der Waals surface area contributed by atoms with Crippen LogP contribution in [0, 0.1) is 5.92 Å². The second-order valence-electron chi connectivity index (χ2n) is 3.36. The van der Waals surface area contributed by atoms with Gasteiger partial charge in [0.05, 0.1) is 18.8 Å². The van der Waals surface area contributed by atoms with E-state index >= 15 is 0 Å². The molecule has 0 saturated heterocycles. The molecule has 0 aliphatic rings. The van der Waals surface area contributed by atoms with Crippen LogP contribution in [-0.2, 0) is 0 Å². The van der Waals surface area contributed by atoms with E-state index in [2.05, 4.69) is 4.98 Å². The fraction of sp³-hybridized carbons (Fsp3) is 0.400. The second kappa shape index (κ2) is 6.82. The van der Waals surface area contributed by atoms with Gasteiger partial charge in [-0.1, -0.05) is 13.8 Å². The number of rotatable bonds is 4. The number of pyridine rings is 1. The smallest absolute Gasteiger partial charge is 0.545 e. The Kier molecular flexibility index (Phi) is 6.56. The summed E-state index contributed by atoms with van der Waals surface area (Å²) in [5.74, 6) is -0.642. The van der Waals surface area contributed by atoms with E-state index in [1.54, 1.807) is 0 Å². The third kappa shape index (κ3) is 4.64. The van der Waals surface area contributed by atoms with Crippen LogP contribution in [0.5, 0.6) is 5.75 Å². The Bertz CT molecular complexity index is 328. The van der Waals surface area contributed by atoms with Crippen LogP contribution in [0.3, 0.4) is 0 Å². The minimum absolute atomic E-state index is 0. The van der Waals surface area contributed by atoms with Crippen molar-refractivity contribution in [3.05, 3.63) is 24.0 Å². The molecule has 0 radical (unpaired) electrons. The topological polar surface area (TPSA) is 62.2 Å². The Morgan fingerprint density at radius 1 is 1.60 bits per heavy atom. The molecule has 0 amide bonds. The first-order valence-electron chi connectivity index (χ1n) is 4.39. The van der Waals surface area contributed by atoms with Crippen molar-refractivity contribution < 1.29 is 44.2 Å². The molecule has 76 valence electrons. The Balaban J connectivity index is 0.00000196. The van der Waals surface area contributed by atoms with Crippen LogP contribution in [0.2, 0.25) is 0 Å². The van der Waals surface area contributed by atoms with E-state index in [-0.39, 0.29) is 40.9 Å². The average molecular weight is 217 g/mol. The zero-order valence-electron chi connectivity index (χ0n) is 9.19. The molecule has 0 atom stereocenters. The summed E-state index contributed by atoms with van der Waals surface area (Å²) in [6.45, 7) is 4.43. The van der Waals surface area contributed by atoms with Crippen LogP contribution < -0.4 is 39.4 Å². The zero-order valence-corrected chi connectivity index (χ0v) is 11.2. The number of aromatic carboxylic acids is 1. The van der Waals surface area contributed by atoms with Gasteiger partial charge in [-0.3, -0.25) is 4.98 Å². The number of carboxylic acids is 1. The first-order valence-corrected chi connectivity index (χ1v) is 4.39. The van der Waals surface area contributed by atoms with Crippen LogP contribution in [0.15, 0.2) is 18.5 Å². The van der Waals surface area contributed by atoms with Gasteiger partial charge in [-0.05, 0) is 12.0 Å². The van der Waals surface area contributed by atoms with Gasteiger partial charge in [-0.15, -0.1) is 0 Å². The van der Waals surface area contributed by atoms with Crippen molar-refractivity contribution in [2.24, 2.45) is 5.92 Å². The minimum atomic E-state index is -1.24. The summed E-state index contributed by atoms with van der Waals surface area (Å²) in [6.07, 6.45) is 2.78. The number of carbonyl (C=O) groups excluding carboxylic acids is 1. The molecule has 0 saturated carbocycles. The van der Waals surface area contributed by atoms with Crippen LogP contribution >= 0.6 is 0 Å². The van der Waals surface area contributed by atoms with Gasteiger partial charge < -0.3 is 14.6 Å². The number of carbonyl (C=O) groups is 1. The molecule has 0 aromatic carbocycles. The van der Waals surface area contributed by atoms with E-state index in [1.165, 1.54) is 18.5 Å². The van der Waals surface area contributed by atoms with Crippen LogP contribution in [-0.4, -0.2) is 17.6 Å². The van der Waals surface area contributed by atoms with Crippen molar-refractivity contribution in [3.63, 3.8) is 0 Å². The van der Waals surface area contributed by atoms with Crippen molar-refractivity contribution in [2.45, 2.75) is 13.8 Å². The predicted octanol–water partition coefficient (Wildman–Crippen LogP) is -2.52. The van der Waals surface area contributed by atoms with Crippen molar-refractivity contribution in [1.29, 1.82) is 0 Å². The summed E-state index contributed by atoms with van der Waals surface area (Å²) >= 11 is 0. The summed E-state index contributed by atoms with van der Waals surface area (Å²) < 4.78 is 5.28. The second-order valence-corrected chi connectivity index (χ2v) is 3.36. The van der Waals surface area contributed by atoms with Gasteiger partial charge in [0.25, 0.3) is 0 Å². The van der Waals surface area contributed by atoms with Gasteiger partial charge in [0.15, 0.2) is 0 Å². The largest absolute Gasteiger partial charge is 1.00 e. The summed E-state index contributed by atoms with van der Waals surface area (Å²) in [6, 6.07) is 1.37. The van der Waals surface area contributed by atoms with E-state index in [4.69, 9.17) is 4.74 Å². The number of hydrogen-bond donors (Lipinski definition) is 0. The number of carboxylic acid groups (broad SMARTS) is 1. The first kappa shape index (κ1) is 14.4. The Hall–Kier alpha value is -0.580. The molecular weight excluding hydrogens is 205 g/mol. The van der Waals surface area contributed by atoms with Gasteiger partial charge in [0.2, 0.25) is 0 Å². The molecule has 1 rings (SSSR count). The average Bonchev–Trinajstić information content (AvgIpc) is 2.15. The molecule has 5 heteroatoms. The van der Waals surface area contributed by atoms with E-state index < -0.39 is 5.97 Å². The summed E-state index contributed by atoms with van der Waals surface area (Å²) in [5.41, 5.74) is 0.0423. The molecule has 0 bridgehead atoms. The maximum Gasteiger partial charge on any atom is 1.00 e. The monoisotopic (exact) mass is 217 g/mol. The number of ether oxygens (including phenoxy) is 1. The third-order valence-corrected chi connectivity index (χ3v) is 1.58. The van der Waals surface area contributed by atoms with Gasteiger partial charge in [-0.25, -0.2) is 0 Å². The van der Waals surface area contributed by atoms with Crippen molar-refractivity contribution in [3.8, 4) is 5.75 Å². The fourth-order valence-corrected chi connectivity index (χ4v) is 0.920. The third-order valence-electron chi connectivity index (χ3n) is 1.58. The summed E-state index contributed by atoms with van der Waals surface area (Å²) in [4.78, 5) is 14.4. The quantitative estimate of drug-likeness (QED) is 0.522. The number of aromatic nitrogens is 1. The molecule has 0 aliphatic heterocycles. The molecule has 0 spiro atoms. The van der Waals surface area contributed by atoms with Gasteiger partial charge >= 0.3 is 29.6 Å². The van der Waals surface area contributed by atoms with E-state index in [1.807, 2.05) is 13.8 Å². The van der Waals surface area contributed by atoms with Crippen LogP contribution in [0.25, 0.3) is 0 Å². The molecule has 15 heavy (non-hydrogen) atoms. The molecule has 0 fully saturated rings.